The Bertz CT molecular complexity index is 548. The summed E-state index contributed by atoms with van der Waals surface area (Å²) in [5, 5.41) is 0. The molecule has 1 atom stereocenters. The lowest BCUT2D eigenvalue weighted by molar-refractivity contribution is -0.107. The third-order valence-corrected chi connectivity index (χ3v) is 3.94. The number of ether oxygens (including phenoxy) is 1. The Labute approximate surface area is 140 Å². The minimum atomic E-state index is -0.0676. The average molecular weight is 312 g/mol. The molecule has 1 rings (SSSR count). The summed E-state index contributed by atoms with van der Waals surface area (Å²) in [6.07, 6.45) is 7.31. The summed E-state index contributed by atoms with van der Waals surface area (Å²) in [4.78, 5) is 10.5. The second kappa shape index (κ2) is 9.99. The first-order valence-electron chi connectivity index (χ1n) is 8.10. The highest BCUT2D eigenvalue weighted by Gasteiger charge is 2.27. The van der Waals surface area contributed by atoms with Crippen molar-refractivity contribution >= 4 is 6.29 Å². The minimum Gasteiger partial charge on any atom is -0.368 e. The van der Waals surface area contributed by atoms with E-state index in [0.717, 1.165) is 24.7 Å². The molecule has 2 nitrogen and oxygen atoms in total. The smallest absolute Gasteiger partial charge is 0.120 e. The van der Waals surface area contributed by atoms with E-state index < -0.39 is 0 Å². The van der Waals surface area contributed by atoms with Gasteiger partial charge in [-0.05, 0) is 36.8 Å². The lowest BCUT2D eigenvalue weighted by Crippen LogP contribution is -2.30. The third-order valence-electron chi connectivity index (χ3n) is 3.94. The molecule has 0 aliphatic carbocycles. The SMILES string of the molecule is C=C=C[C@@H](OCc1ccccc1)C(C)(C)C/C=C(\C)CCC=O. The number of benzene rings is 1. The molecule has 124 valence electrons. The fraction of sp³-hybridized carbons (Fsp3) is 0.429. The molecule has 2 heteroatoms. The molecule has 0 heterocycles. The second-order valence-electron chi connectivity index (χ2n) is 6.54. The van der Waals surface area contributed by atoms with Crippen LogP contribution in [-0.2, 0) is 16.1 Å². The van der Waals surface area contributed by atoms with E-state index in [1.165, 1.54) is 5.57 Å². The van der Waals surface area contributed by atoms with Crippen LogP contribution in [0, 0.1) is 5.41 Å². The first-order valence-corrected chi connectivity index (χ1v) is 8.10. The van der Waals surface area contributed by atoms with Crippen LogP contribution < -0.4 is 0 Å². The van der Waals surface area contributed by atoms with Gasteiger partial charge in [-0.25, -0.2) is 0 Å². The van der Waals surface area contributed by atoms with Gasteiger partial charge in [0, 0.05) is 6.42 Å². The summed E-state index contributed by atoms with van der Waals surface area (Å²) in [5.74, 6) is 0. The van der Waals surface area contributed by atoms with Gasteiger partial charge in [0.1, 0.15) is 6.29 Å². The standard InChI is InChI=1S/C21H28O2/c1-5-10-20(23-17-19-12-7-6-8-13-19)21(3,4)15-14-18(2)11-9-16-22/h6-8,10,12-14,16,20H,1,9,11,15,17H2,2-4H3/b18-14+/t20-/m1/s1. The molecule has 1 aromatic carbocycles. The van der Waals surface area contributed by atoms with E-state index in [0.29, 0.717) is 13.0 Å². The van der Waals surface area contributed by atoms with Gasteiger partial charge >= 0.3 is 0 Å². The molecule has 0 spiro atoms. The quantitative estimate of drug-likeness (QED) is 0.335. The molecule has 0 N–H and O–H groups in total. The molecule has 0 fully saturated rings. The van der Waals surface area contributed by atoms with E-state index in [-0.39, 0.29) is 11.5 Å². The van der Waals surface area contributed by atoms with Gasteiger partial charge in [-0.3, -0.25) is 0 Å². The number of rotatable bonds is 10. The largest absolute Gasteiger partial charge is 0.368 e. The predicted molar refractivity (Wildman–Crippen MR) is 96.2 cm³/mol. The molecule has 1 aromatic rings. The molecule has 0 aromatic heterocycles. The third kappa shape index (κ3) is 7.27. The van der Waals surface area contributed by atoms with Crippen molar-refractivity contribution in [2.45, 2.75) is 52.7 Å². The van der Waals surface area contributed by atoms with Crippen LogP contribution in [0.1, 0.15) is 45.6 Å². The van der Waals surface area contributed by atoms with E-state index in [1.54, 1.807) is 0 Å². The van der Waals surface area contributed by atoms with Gasteiger partial charge in [0.2, 0.25) is 0 Å². The topological polar surface area (TPSA) is 26.3 Å². The highest BCUT2D eigenvalue weighted by Crippen LogP contribution is 2.30. The van der Waals surface area contributed by atoms with Gasteiger partial charge < -0.3 is 9.53 Å². The van der Waals surface area contributed by atoms with Crippen LogP contribution in [0.3, 0.4) is 0 Å². The highest BCUT2D eigenvalue weighted by molar-refractivity contribution is 5.49. The fourth-order valence-corrected chi connectivity index (χ4v) is 2.31. The van der Waals surface area contributed by atoms with Crippen LogP contribution in [0.4, 0.5) is 0 Å². The van der Waals surface area contributed by atoms with Crippen molar-refractivity contribution in [2.75, 3.05) is 0 Å². The Balaban J connectivity index is 2.69. The van der Waals surface area contributed by atoms with Crippen molar-refractivity contribution < 1.29 is 9.53 Å². The van der Waals surface area contributed by atoms with Gasteiger partial charge in [0.15, 0.2) is 0 Å². The van der Waals surface area contributed by atoms with Gasteiger partial charge in [0.25, 0.3) is 0 Å². The number of hydrogen-bond donors (Lipinski definition) is 0. The Morgan fingerprint density at radius 1 is 1.35 bits per heavy atom. The summed E-state index contributed by atoms with van der Waals surface area (Å²) in [7, 11) is 0. The van der Waals surface area contributed by atoms with Gasteiger partial charge in [0.05, 0.1) is 12.7 Å². The van der Waals surface area contributed by atoms with E-state index in [4.69, 9.17) is 4.74 Å². The minimum absolute atomic E-state index is 0.0599. The van der Waals surface area contributed by atoms with Crippen molar-refractivity contribution in [2.24, 2.45) is 5.41 Å². The van der Waals surface area contributed by atoms with Crippen LogP contribution in [0.2, 0.25) is 0 Å². The molecular formula is C21H28O2. The fourth-order valence-electron chi connectivity index (χ4n) is 2.31. The lowest BCUT2D eigenvalue weighted by atomic mass is 9.82. The average Bonchev–Trinajstić information content (AvgIpc) is 2.55. The van der Waals surface area contributed by atoms with Crippen LogP contribution >= 0.6 is 0 Å². The zero-order valence-corrected chi connectivity index (χ0v) is 14.5. The predicted octanol–water partition coefficient (Wildman–Crippen LogP) is 5.25. The van der Waals surface area contributed by atoms with E-state index in [9.17, 15) is 4.79 Å². The van der Waals surface area contributed by atoms with Crippen LogP contribution in [0.15, 0.2) is 60.4 Å². The summed E-state index contributed by atoms with van der Waals surface area (Å²) in [6.45, 7) is 10.7. The van der Waals surface area contributed by atoms with Gasteiger partial charge in [-0.1, -0.05) is 62.4 Å². The molecule has 0 amide bonds. The van der Waals surface area contributed by atoms with Crippen molar-refractivity contribution in [1.29, 1.82) is 0 Å². The first-order chi connectivity index (χ1) is 11.0. The van der Waals surface area contributed by atoms with Crippen molar-refractivity contribution in [3.8, 4) is 0 Å². The molecule has 0 unspecified atom stereocenters. The lowest BCUT2D eigenvalue weighted by Gasteiger charge is -2.31. The van der Waals surface area contributed by atoms with Gasteiger partial charge in [-0.2, -0.15) is 0 Å². The Morgan fingerprint density at radius 3 is 2.65 bits per heavy atom. The first kappa shape index (κ1) is 19.2. The monoisotopic (exact) mass is 312 g/mol. The molecule has 0 bridgehead atoms. The van der Waals surface area contributed by atoms with Crippen molar-refractivity contribution in [3.63, 3.8) is 0 Å². The van der Waals surface area contributed by atoms with Crippen molar-refractivity contribution in [3.05, 3.63) is 65.9 Å². The maximum atomic E-state index is 10.5. The Hall–Kier alpha value is -1.89. The van der Waals surface area contributed by atoms with Gasteiger partial charge in [-0.15, -0.1) is 5.73 Å². The van der Waals surface area contributed by atoms with Crippen LogP contribution in [0.5, 0.6) is 0 Å². The molecule has 0 aliphatic heterocycles. The molecule has 0 aliphatic rings. The summed E-state index contributed by atoms with van der Waals surface area (Å²) in [5.41, 5.74) is 5.20. The molecule has 23 heavy (non-hydrogen) atoms. The summed E-state index contributed by atoms with van der Waals surface area (Å²) in [6, 6.07) is 10.2. The maximum absolute atomic E-state index is 10.5. The number of aldehydes is 1. The van der Waals surface area contributed by atoms with Crippen LogP contribution in [-0.4, -0.2) is 12.4 Å². The summed E-state index contributed by atoms with van der Waals surface area (Å²) >= 11 is 0. The number of carbonyl (C=O) groups is 1. The molecule has 0 radical (unpaired) electrons. The number of hydrogen-bond acceptors (Lipinski definition) is 2. The molecule has 0 saturated heterocycles. The second-order valence-corrected chi connectivity index (χ2v) is 6.54. The zero-order chi connectivity index (χ0) is 17.1. The maximum Gasteiger partial charge on any atom is 0.120 e. The number of allylic oxidation sites excluding steroid dienone is 2. The molecule has 0 saturated carbocycles. The van der Waals surface area contributed by atoms with Crippen molar-refractivity contribution in [1.82, 2.24) is 0 Å². The van der Waals surface area contributed by atoms with E-state index in [1.807, 2.05) is 24.3 Å². The van der Waals surface area contributed by atoms with Crippen LogP contribution in [0.25, 0.3) is 0 Å². The summed E-state index contributed by atoms with van der Waals surface area (Å²) < 4.78 is 6.10. The van der Waals surface area contributed by atoms with E-state index >= 15 is 0 Å². The normalized spacial score (nSPS) is 13.3. The Morgan fingerprint density at radius 2 is 2.04 bits per heavy atom. The molecular weight excluding hydrogens is 284 g/mol. The van der Waals surface area contributed by atoms with E-state index in [2.05, 4.69) is 51.3 Å². The highest BCUT2D eigenvalue weighted by atomic mass is 16.5. The zero-order valence-electron chi connectivity index (χ0n) is 14.5. The Kier molecular flexibility index (Phi) is 8.32. The number of carbonyl (C=O) groups excluding carboxylic acids is 1.